The first-order chi connectivity index (χ1) is 10.0. The van der Waals surface area contributed by atoms with Crippen LogP contribution in [-0.4, -0.2) is 54.1 Å². The normalized spacial score (nSPS) is 36.9. The van der Waals surface area contributed by atoms with Crippen LogP contribution in [0, 0.1) is 11.8 Å². The molecule has 1 aliphatic heterocycles. The van der Waals surface area contributed by atoms with Crippen molar-refractivity contribution in [2.24, 2.45) is 17.6 Å². The zero-order valence-electron chi connectivity index (χ0n) is 14.8. The van der Waals surface area contributed by atoms with E-state index in [1.807, 2.05) is 0 Å². The maximum atomic E-state index is 6.32. The Morgan fingerprint density at radius 1 is 1.19 bits per heavy atom. The molecule has 0 radical (unpaired) electrons. The summed E-state index contributed by atoms with van der Waals surface area (Å²) in [5.74, 6) is 1.74. The number of hydrogen-bond acceptors (Lipinski definition) is 3. The van der Waals surface area contributed by atoms with E-state index in [0.717, 1.165) is 18.4 Å². The van der Waals surface area contributed by atoms with Gasteiger partial charge in [0.25, 0.3) is 0 Å². The summed E-state index contributed by atoms with van der Waals surface area (Å²) in [5.41, 5.74) is 6.61. The minimum absolute atomic E-state index is 0.289. The van der Waals surface area contributed by atoms with Gasteiger partial charge in [-0.3, -0.25) is 9.80 Å². The summed E-state index contributed by atoms with van der Waals surface area (Å²) in [4.78, 5) is 5.36. The SMILES string of the molecule is CCN1CCN(C2(CN)CCCC(C(C)C)CC2)CC1C. The van der Waals surface area contributed by atoms with Crippen LogP contribution in [0.4, 0.5) is 0 Å². The van der Waals surface area contributed by atoms with E-state index in [1.54, 1.807) is 0 Å². The Morgan fingerprint density at radius 2 is 1.95 bits per heavy atom. The lowest BCUT2D eigenvalue weighted by Gasteiger charge is -2.49. The molecule has 1 saturated heterocycles. The summed E-state index contributed by atoms with van der Waals surface area (Å²) in [5, 5.41) is 0. The van der Waals surface area contributed by atoms with Crippen LogP contribution in [0.5, 0.6) is 0 Å². The molecule has 2 fully saturated rings. The van der Waals surface area contributed by atoms with Crippen LogP contribution < -0.4 is 5.73 Å². The summed E-state index contributed by atoms with van der Waals surface area (Å²) in [6.07, 6.45) is 6.76. The fourth-order valence-electron chi connectivity index (χ4n) is 4.63. The molecule has 0 aromatic rings. The van der Waals surface area contributed by atoms with Crippen LogP contribution >= 0.6 is 0 Å². The van der Waals surface area contributed by atoms with Crippen LogP contribution in [0.3, 0.4) is 0 Å². The van der Waals surface area contributed by atoms with Crippen molar-refractivity contribution in [2.45, 2.75) is 71.4 Å². The summed E-state index contributed by atoms with van der Waals surface area (Å²) in [7, 11) is 0. The summed E-state index contributed by atoms with van der Waals surface area (Å²) < 4.78 is 0. The highest BCUT2D eigenvalue weighted by molar-refractivity contribution is 4.97. The van der Waals surface area contributed by atoms with E-state index in [9.17, 15) is 0 Å². The Kier molecular flexibility index (Phi) is 6.10. The summed E-state index contributed by atoms with van der Waals surface area (Å²) >= 11 is 0. The average Bonchev–Trinajstić information content (AvgIpc) is 2.70. The first-order valence-electron chi connectivity index (χ1n) is 9.21. The molecule has 1 saturated carbocycles. The lowest BCUT2D eigenvalue weighted by Crippen LogP contribution is -2.62. The third-order valence-electron chi connectivity index (χ3n) is 6.36. The lowest BCUT2D eigenvalue weighted by molar-refractivity contribution is 0.00128. The van der Waals surface area contributed by atoms with Gasteiger partial charge in [-0.25, -0.2) is 0 Å². The number of rotatable bonds is 4. The van der Waals surface area contributed by atoms with Crippen molar-refractivity contribution in [1.29, 1.82) is 0 Å². The molecule has 0 aromatic heterocycles. The summed E-state index contributed by atoms with van der Waals surface area (Å²) in [6.45, 7) is 15.1. The Balaban J connectivity index is 2.04. The molecule has 124 valence electrons. The molecule has 3 atom stereocenters. The Bertz CT molecular complexity index is 318. The average molecular weight is 296 g/mol. The van der Waals surface area contributed by atoms with E-state index in [4.69, 9.17) is 5.73 Å². The first kappa shape index (κ1) is 17.2. The van der Waals surface area contributed by atoms with Crippen LogP contribution in [0.1, 0.15) is 59.8 Å². The number of nitrogens with zero attached hydrogens (tertiary/aromatic N) is 2. The van der Waals surface area contributed by atoms with Crippen molar-refractivity contribution < 1.29 is 0 Å². The van der Waals surface area contributed by atoms with E-state index in [1.165, 1.54) is 58.3 Å². The topological polar surface area (TPSA) is 32.5 Å². The zero-order valence-corrected chi connectivity index (χ0v) is 14.8. The van der Waals surface area contributed by atoms with Gasteiger partial charge in [0.1, 0.15) is 0 Å². The highest BCUT2D eigenvalue weighted by Gasteiger charge is 2.40. The van der Waals surface area contributed by atoms with Crippen molar-refractivity contribution in [3.63, 3.8) is 0 Å². The van der Waals surface area contributed by atoms with Crippen LogP contribution in [-0.2, 0) is 0 Å². The third-order valence-corrected chi connectivity index (χ3v) is 6.36. The maximum absolute atomic E-state index is 6.32. The second-order valence-electron chi connectivity index (χ2n) is 7.79. The van der Waals surface area contributed by atoms with Gasteiger partial charge in [0.05, 0.1) is 0 Å². The van der Waals surface area contributed by atoms with Crippen LogP contribution in [0.25, 0.3) is 0 Å². The highest BCUT2D eigenvalue weighted by atomic mass is 15.3. The Hall–Kier alpha value is -0.120. The molecule has 21 heavy (non-hydrogen) atoms. The van der Waals surface area contributed by atoms with Gasteiger partial charge in [0.15, 0.2) is 0 Å². The minimum Gasteiger partial charge on any atom is -0.329 e. The van der Waals surface area contributed by atoms with Crippen molar-refractivity contribution in [3.05, 3.63) is 0 Å². The number of piperazine rings is 1. The highest BCUT2D eigenvalue weighted by Crippen LogP contribution is 2.37. The third kappa shape index (κ3) is 3.80. The van der Waals surface area contributed by atoms with E-state index in [0.29, 0.717) is 6.04 Å². The van der Waals surface area contributed by atoms with Gasteiger partial charge in [-0.1, -0.05) is 33.6 Å². The predicted molar refractivity (Wildman–Crippen MR) is 91.5 cm³/mol. The van der Waals surface area contributed by atoms with Crippen molar-refractivity contribution in [3.8, 4) is 0 Å². The molecule has 2 aliphatic rings. The zero-order chi connectivity index (χ0) is 15.5. The smallest absolute Gasteiger partial charge is 0.0333 e. The molecule has 1 heterocycles. The fourth-order valence-corrected chi connectivity index (χ4v) is 4.63. The largest absolute Gasteiger partial charge is 0.329 e. The molecule has 0 spiro atoms. The summed E-state index contributed by atoms with van der Waals surface area (Å²) in [6, 6.07) is 0.677. The fraction of sp³-hybridized carbons (Fsp3) is 1.00. The number of nitrogens with two attached hydrogens (primary N) is 1. The van der Waals surface area contributed by atoms with Gasteiger partial charge in [-0.05, 0) is 44.6 Å². The molecule has 0 amide bonds. The second kappa shape index (κ2) is 7.43. The van der Waals surface area contributed by atoms with Gasteiger partial charge in [-0.15, -0.1) is 0 Å². The lowest BCUT2D eigenvalue weighted by atomic mass is 9.84. The van der Waals surface area contributed by atoms with E-state index < -0.39 is 0 Å². The van der Waals surface area contributed by atoms with Gasteiger partial charge < -0.3 is 5.73 Å². The molecular weight excluding hydrogens is 258 g/mol. The minimum atomic E-state index is 0.289. The van der Waals surface area contributed by atoms with Gasteiger partial charge in [0.2, 0.25) is 0 Å². The Morgan fingerprint density at radius 3 is 2.52 bits per heavy atom. The van der Waals surface area contributed by atoms with Gasteiger partial charge in [0, 0.05) is 37.8 Å². The molecule has 2 N–H and O–H groups in total. The van der Waals surface area contributed by atoms with E-state index in [-0.39, 0.29) is 5.54 Å². The molecule has 3 unspecified atom stereocenters. The van der Waals surface area contributed by atoms with Crippen LogP contribution in [0.2, 0.25) is 0 Å². The van der Waals surface area contributed by atoms with Gasteiger partial charge >= 0.3 is 0 Å². The maximum Gasteiger partial charge on any atom is 0.0333 e. The van der Waals surface area contributed by atoms with Crippen molar-refractivity contribution >= 4 is 0 Å². The second-order valence-corrected chi connectivity index (χ2v) is 7.79. The predicted octanol–water partition coefficient (Wildman–Crippen LogP) is 2.95. The van der Waals surface area contributed by atoms with E-state index >= 15 is 0 Å². The molecule has 0 bridgehead atoms. The molecule has 3 heteroatoms. The number of likely N-dealkylation sites (N-methyl/N-ethyl adjacent to an activating group) is 1. The first-order valence-corrected chi connectivity index (χ1v) is 9.21. The standard InChI is InChI=1S/C18H37N3/c1-5-20-11-12-21(13-16(20)4)18(14-19)9-6-7-17(8-10-18)15(2)3/h15-17H,5-14,19H2,1-4H3. The van der Waals surface area contributed by atoms with Crippen molar-refractivity contribution in [2.75, 3.05) is 32.7 Å². The molecule has 0 aromatic carbocycles. The molecule has 2 rings (SSSR count). The van der Waals surface area contributed by atoms with E-state index in [2.05, 4.69) is 37.5 Å². The van der Waals surface area contributed by atoms with Crippen LogP contribution in [0.15, 0.2) is 0 Å². The Labute approximate surface area is 132 Å². The molecule has 3 nitrogen and oxygen atoms in total. The molecular formula is C18H37N3. The van der Waals surface area contributed by atoms with Gasteiger partial charge in [-0.2, -0.15) is 0 Å². The van der Waals surface area contributed by atoms with Crippen molar-refractivity contribution in [1.82, 2.24) is 9.80 Å². The monoisotopic (exact) mass is 295 g/mol. The number of hydrogen-bond donors (Lipinski definition) is 1. The molecule has 1 aliphatic carbocycles. The quantitative estimate of drug-likeness (QED) is 0.809.